The standard InChI is InChI=1S/C16H19NO4/c1-4-5-8-21-16(18)13(11-17)9-12-6-7-14(19-2)10-15(12)20-3/h6-7,9-10H,4-5,8H2,1-3H3/b13-9+. The number of esters is 1. The molecule has 0 radical (unpaired) electrons. The Kier molecular flexibility index (Phi) is 6.82. The summed E-state index contributed by atoms with van der Waals surface area (Å²) < 4.78 is 15.4. The summed E-state index contributed by atoms with van der Waals surface area (Å²) in [5.41, 5.74) is 0.553. The van der Waals surface area contributed by atoms with E-state index in [9.17, 15) is 4.79 Å². The van der Waals surface area contributed by atoms with Gasteiger partial charge in [-0.05, 0) is 24.6 Å². The van der Waals surface area contributed by atoms with E-state index < -0.39 is 5.97 Å². The van der Waals surface area contributed by atoms with Crippen molar-refractivity contribution in [2.45, 2.75) is 19.8 Å². The molecule has 5 heteroatoms. The smallest absolute Gasteiger partial charge is 0.348 e. The molecular weight excluding hydrogens is 270 g/mol. The lowest BCUT2D eigenvalue weighted by Crippen LogP contribution is -2.07. The summed E-state index contributed by atoms with van der Waals surface area (Å²) in [6.07, 6.45) is 3.15. The summed E-state index contributed by atoms with van der Waals surface area (Å²) in [5.74, 6) is 0.528. The first-order chi connectivity index (χ1) is 10.2. The zero-order valence-electron chi connectivity index (χ0n) is 12.5. The van der Waals surface area contributed by atoms with Crippen LogP contribution >= 0.6 is 0 Å². The van der Waals surface area contributed by atoms with E-state index in [2.05, 4.69) is 0 Å². The van der Waals surface area contributed by atoms with Crippen LogP contribution in [0.15, 0.2) is 23.8 Å². The van der Waals surface area contributed by atoms with Gasteiger partial charge in [0.05, 0.1) is 20.8 Å². The quantitative estimate of drug-likeness (QED) is 0.334. The molecule has 21 heavy (non-hydrogen) atoms. The van der Waals surface area contributed by atoms with E-state index in [0.29, 0.717) is 23.7 Å². The van der Waals surface area contributed by atoms with Crippen molar-refractivity contribution < 1.29 is 19.0 Å². The van der Waals surface area contributed by atoms with Gasteiger partial charge in [-0.15, -0.1) is 0 Å². The topological polar surface area (TPSA) is 68.6 Å². The first-order valence-corrected chi connectivity index (χ1v) is 6.67. The SMILES string of the molecule is CCCCOC(=O)/C(C#N)=C/c1ccc(OC)cc1OC. The van der Waals surface area contributed by atoms with Crippen molar-refractivity contribution in [2.75, 3.05) is 20.8 Å². The van der Waals surface area contributed by atoms with Crippen LogP contribution in [0.1, 0.15) is 25.3 Å². The second kappa shape index (κ2) is 8.64. The number of methoxy groups -OCH3 is 2. The van der Waals surface area contributed by atoms with Crippen molar-refractivity contribution in [3.05, 3.63) is 29.3 Å². The number of ether oxygens (including phenoxy) is 3. The number of nitriles is 1. The maximum Gasteiger partial charge on any atom is 0.348 e. The van der Waals surface area contributed by atoms with Crippen molar-refractivity contribution in [3.8, 4) is 17.6 Å². The van der Waals surface area contributed by atoms with Gasteiger partial charge in [0.25, 0.3) is 0 Å². The molecule has 0 heterocycles. The third-order valence-corrected chi connectivity index (χ3v) is 2.81. The van der Waals surface area contributed by atoms with E-state index in [1.807, 2.05) is 13.0 Å². The van der Waals surface area contributed by atoms with Gasteiger partial charge in [0.1, 0.15) is 23.1 Å². The van der Waals surface area contributed by atoms with Gasteiger partial charge < -0.3 is 14.2 Å². The molecule has 112 valence electrons. The predicted molar refractivity (Wildman–Crippen MR) is 79.0 cm³/mol. The van der Waals surface area contributed by atoms with Crippen molar-refractivity contribution >= 4 is 12.0 Å². The minimum atomic E-state index is -0.621. The average Bonchev–Trinajstić information content (AvgIpc) is 2.52. The minimum absolute atomic E-state index is 0.0606. The molecule has 0 aromatic heterocycles. The highest BCUT2D eigenvalue weighted by Crippen LogP contribution is 2.26. The molecule has 0 amide bonds. The number of nitrogens with zero attached hydrogens (tertiary/aromatic N) is 1. The molecule has 0 saturated heterocycles. The van der Waals surface area contributed by atoms with E-state index >= 15 is 0 Å². The van der Waals surface area contributed by atoms with Gasteiger partial charge >= 0.3 is 5.97 Å². The normalized spacial score (nSPS) is 10.7. The van der Waals surface area contributed by atoms with Crippen LogP contribution in [-0.4, -0.2) is 26.8 Å². The Bertz CT molecular complexity index is 558. The van der Waals surface area contributed by atoms with Crippen molar-refractivity contribution in [2.24, 2.45) is 0 Å². The number of unbranched alkanes of at least 4 members (excludes halogenated alkanes) is 1. The number of carbonyl (C=O) groups is 1. The Hall–Kier alpha value is -2.48. The summed E-state index contributed by atoms with van der Waals surface area (Å²) in [6, 6.07) is 6.99. The Morgan fingerprint density at radius 3 is 2.67 bits per heavy atom. The summed E-state index contributed by atoms with van der Waals surface area (Å²) in [7, 11) is 3.06. The van der Waals surface area contributed by atoms with Gasteiger partial charge in [-0.1, -0.05) is 13.3 Å². The predicted octanol–water partition coefficient (Wildman–Crippen LogP) is 2.95. The van der Waals surface area contributed by atoms with E-state index in [1.54, 1.807) is 25.3 Å². The van der Waals surface area contributed by atoms with Crippen molar-refractivity contribution in [3.63, 3.8) is 0 Å². The molecule has 0 aliphatic carbocycles. The lowest BCUT2D eigenvalue weighted by atomic mass is 10.1. The van der Waals surface area contributed by atoms with Gasteiger partial charge in [-0.2, -0.15) is 5.26 Å². The van der Waals surface area contributed by atoms with Crippen LogP contribution in [0.5, 0.6) is 11.5 Å². The molecule has 0 saturated carbocycles. The lowest BCUT2D eigenvalue weighted by Gasteiger charge is -2.08. The summed E-state index contributed by atoms with van der Waals surface area (Å²) in [4.78, 5) is 11.8. The van der Waals surface area contributed by atoms with E-state index in [0.717, 1.165) is 12.8 Å². The average molecular weight is 289 g/mol. The number of benzene rings is 1. The third kappa shape index (κ3) is 4.84. The fraction of sp³-hybridized carbons (Fsp3) is 0.375. The van der Waals surface area contributed by atoms with Crippen LogP contribution in [0.4, 0.5) is 0 Å². The first-order valence-electron chi connectivity index (χ1n) is 6.67. The number of hydrogen-bond donors (Lipinski definition) is 0. The largest absolute Gasteiger partial charge is 0.497 e. The molecule has 1 rings (SSSR count). The summed E-state index contributed by atoms with van der Waals surface area (Å²) in [5, 5.41) is 9.09. The van der Waals surface area contributed by atoms with E-state index in [4.69, 9.17) is 19.5 Å². The fourth-order valence-corrected chi connectivity index (χ4v) is 1.62. The molecule has 0 N–H and O–H groups in total. The van der Waals surface area contributed by atoms with Gasteiger partial charge in [0.15, 0.2) is 0 Å². The lowest BCUT2D eigenvalue weighted by molar-refractivity contribution is -0.138. The second-order valence-electron chi connectivity index (χ2n) is 4.27. The summed E-state index contributed by atoms with van der Waals surface area (Å²) in [6.45, 7) is 2.31. The van der Waals surface area contributed by atoms with Crippen LogP contribution in [0.2, 0.25) is 0 Å². The third-order valence-electron chi connectivity index (χ3n) is 2.81. The highest BCUT2D eigenvalue weighted by molar-refractivity contribution is 5.98. The van der Waals surface area contributed by atoms with Gasteiger partial charge in [0.2, 0.25) is 0 Å². The Labute approximate surface area is 124 Å². The first kappa shape index (κ1) is 16.6. The number of rotatable bonds is 7. The Balaban J connectivity index is 2.97. The monoisotopic (exact) mass is 289 g/mol. The maximum atomic E-state index is 11.8. The van der Waals surface area contributed by atoms with Crippen LogP contribution < -0.4 is 9.47 Å². The van der Waals surface area contributed by atoms with Crippen LogP contribution in [0, 0.1) is 11.3 Å². The highest BCUT2D eigenvalue weighted by atomic mass is 16.5. The van der Waals surface area contributed by atoms with Crippen LogP contribution in [0.3, 0.4) is 0 Å². The van der Waals surface area contributed by atoms with Gasteiger partial charge in [-0.25, -0.2) is 4.79 Å². The zero-order chi connectivity index (χ0) is 15.7. The minimum Gasteiger partial charge on any atom is -0.497 e. The van der Waals surface area contributed by atoms with E-state index in [-0.39, 0.29) is 5.57 Å². The van der Waals surface area contributed by atoms with E-state index in [1.165, 1.54) is 13.2 Å². The maximum absolute atomic E-state index is 11.8. The van der Waals surface area contributed by atoms with Gasteiger partial charge in [-0.3, -0.25) is 0 Å². The molecule has 0 unspecified atom stereocenters. The van der Waals surface area contributed by atoms with Crippen molar-refractivity contribution in [1.29, 1.82) is 5.26 Å². The zero-order valence-corrected chi connectivity index (χ0v) is 12.5. The van der Waals surface area contributed by atoms with Crippen LogP contribution in [0.25, 0.3) is 6.08 Å². The summed E-state index contributed by atoms with van der Waals surface area (Å²) >= 11 is 0. The molecule has 0 aliphatic heterocycles. The van der Waals surface area contributed by atoms with Crippen molar-refractivity contribution in [1.82, 2.24) is 0 Å². The molecule has 0 fully saturated rings. The Morgan fingerprint density at radius 2 is 2.10 bits per heavy atom. The second-order valence-corrected chi connectivity index (χ2v) is 4.27. The highest BCUT2D eigenvalue weighted by Gasteiger charge is 2.12. The van der Waals surface area contributed by atoms with Gasteiger partial charge in [0, 0.05) is 11.6 Å². The molecule has 0 spiro atoms. The number of carbonyl (C=O) groups excluding carboxylic acids is 1. The fourth-order valence-electron chi connectivity index (χ4n) is 1.62. The van der Waals surface area contributed by atoms with Crippen LogP contribution in [-0.2, 0) is 9.53 Å². The number of hydrogen-bond acceptors (Lipinski definition) is 5. The molecular formula is C16H19NO4. The molecule has 0 atom stereocenters. The molecule has 0 bridgehead atoms. The molecule has 1 aromatic carbocycles. The molecule has 0 aliphatic rings. The Morgan fingerprint density at radius 1 is 1.33 bits per heavy atom. The molecule has 1 aromatic rings. The molecule has 5 nitrogen and oxygen atoms in total.